The highest BCUT2D eigenvalue weighted by Crippen LogP contribution is 2.24. The minimum Gasteiger partial charge on any atom is -0.484 e. The Morgan fingerprint density at radius 3 is 2.34 bits per heavy atom. The Balaban J connectivity index is 2.24. The third-order valence-electron chi connectivity index (χ3n) is 5.13. The number of amides is 2. The molecule has 0 saturated carbocycles. The van der Waals surface area contributed by atoms with Crippen molar-refractivity contribution in [1.82, 2.24) is 10.2 Å². The zero-order valence-electron chi connectivity index (χ0n) is 19.2. The molecular weight excluding hydrogens is 447 g/mol. The molecule has 2 aromatic rings. The molecule has 0 aromatic heterocycles. The van der Waals surface area contributed by atoms with Crippen molar-refractivity contribution in [3.63, 3.8) is 0 Å². The van der Waals surface area contributed by atoms with Gasteiger partial charge in [-0.1, -0.05) is 55.6 Å². The number of carbonyl (C=O) groups excluding carboxylic acids is 2. The zero-order chi connectivity index (χ0) is 23.7. The standard InChI is InChI=1S/C25H32Cl2N2O3/c1-5-7-10-28-25(31)23(6-2)29(15-19-8-9-20(26)14-22(19)27)24(30)16-32-21-12-17(3)11-18(4)13-21/h8-9,11-14,23H,5-7,10,15-16H2,1-4H3,(H,28,31)/t23-/m1/s1. The third-order valence-corrected chi connectivity index (χ3v) is 5.72. The lowest BCUT2D eigenvalue weighted by atomic mass is 10.1. The van der Waals surface area contributed by atoms with E-state index in [0.29, 0.717) is 28.8 Å². The van der Waals surface area contributed by atoms with Crippen molar-refractivity contribution in [2.45, 2.75) is 59.5 Å². The number of unbranched alkanes of at least 4 members (excludes halogenated alkanes) is 1. The lowest BCUT2D eigenvalue weighted by Gasteiger charge is -2.31. The second-order valence-electron chi connectivity index (χ2n) is 7.94. The summed E-state index contributed by atoms with van der Waals surface area (Å²) in [6.07, 6.45) is 2.33. The molecule has 0 fully saturated rings. The molecule has 0 bridgehead atoms. The molecule has 1 N–H and O–H groups in total. The van der Waals surface area contributed by atoms with E-state index in [1.807, 2.05) is 39.0 Å². The average molecular weight is 479 g/mol. The molecule has 5 nitrogen and oxygen atoms in total. The number of carbonyl (C=O) groups is 2. The van der Waals surface area contributed by atoms with Gasteiger partial charge in [0.05, 0.1) is 0 Å². The van der Waals surface area contributed by atoms with Gasteiger partial charge in [0.15, 0.2) is 6.61 Å². The molecule has 0 aliphatic carbocycles. The molecule has 0 radical (unpaired) electrons. The Hall–Kier alpha value is -2.24. The molecular formula is C25H32Cl2N2O3. The van der Waals surface area contributed by atoms with E-state index in [9.17, 15) is 9.59 Å². The summed E-state index contributed by atoms with van der Waals surface area (Å²) < 4.78 is 5.79. The normalized spacial score (nSPS) is 11.7. The Morgan fingerprint density at radius 1 is 1.06 bits per heavy atom. The van der Waals surface area contributed by atoms with Gasteiger partial charge in [-0.15, -0.1) is 0 Å². The molecule has 7 heteroatoms. The monoisotopic (exact) mass is 478 g/mol. The molecule has 2 amide bonds. The summed E-state index contributed by atoms with van der Waals surface area (Å²) in [5.41, 5.74) is 2.83. The van der Waals surface area contributed by atoms with Crippen LogP contribution in [0.25, 0.3) is 0 Å². The lowest BCUT2D eigenvalue weighted by molar-refractivity contribution is -0.143. The van der Waals surface area contributed by atoms with Crippen LogP contribution in [-0.2, 0) is 16.1 Å². The largest absolute Gasteiger partial charge is 0.484 e. The first-order valence-corrected chi connectivity index (χ1v) is 11.7. The molecule has 1 atom stereocenters. The fourth-order valence-electron chi connectivity index (χ4n) is 3.50. The van der Waals surface area contributed by atoms with Crippen molar-refractivity contribution < 1.29 is 14.3 Å². The molecule has 0 aliphatic rings. The van der Waals surface area contributed by atoms with Gasteiger partial charge in [0.25, 0.3) is 5.91 Å². The molecule has 2 aromatic carbocycles. The van der Waals surface area contributed by atoms with Crippen LogP contribution in [0.1, 0.15) is 49.8 Å². The van der Waals surface area contributed by atoms with Crippen LogP contribution in [-0.4, -0.2) is 35.9 Å². The quantitative estimate of drug-likeness (QED) is 0.420. The maximum atomic E-state index is 13.3. The van der Waals surface area contributed by atoms with Gasteiger partial charge in [0.2, 0.25) is 5.91 Å². The van der Waals surface area contributed by atoms with Gasteiger partial charge in [-0.3, -0.25) is 9.59 Å². The van der Waals surface area contributed by atoms with Crippen molar-refractivity contribution in [3.05, 3.63) is 63.1 Å². The first kappa shape index (κ1) is 26.0. The van der Waals surface area contributed by atoms with E-state index >= 15 is 0 Å². The van der Waals surface area contributed by atoms with Crippen LogP contribution in [0.3, 0.4) is 0 Å². The van der Waals surface area contributed by atoms with Gasteiger partial charge in [-0.25, -0.2) is 0 Å². The Morgan fingerprint density at radius 2 is 1.75 bits per heavy atom. The van der Waals surface area contributed by atoms with Gasteiger partial charge < -0.3 is 15.0 Å². The number of hydrogen-bond acceptors (Lipinski definition) is 3. The van der Waals surface area contributed by atoms with Gasteiger partial charge >= 0.3 is 0 Å². The van der Waals surface area contributed by atoms with Crippen LogP contribution in [0.15, 0.2) is 36.4 Å². The van der Waals surface area contributed by atoms with E-state index in [-0.39, 0.29) is 25.0 Å². The summed E-state index contributed by atoms with van der Waals surface area (Å²) >= 11 is 12.4. The molecule has 174 valence electrons. The van der Waals surface area contributed by atoms with E-state index in [2.05, 4.69) is 12.2 Å². The zero-order valence-corrected chi connectivity index (χ0v) is 20.7. The highest BCUT2D eigenvalue weighted by Gasteiger charge is 2.29. The lowest BCUT2D eigenvalue weighted by Crippen LogP contribution is -2.50. The van der Waals surface area contributed by atoms with Gasteiger partial charge in [-0.2, -0.15) is 0 Å². The SMILES string of the molecule is CCCCNC(=O)[C@@H](CC)N(Cc1ccc(Cl)cc1Cl)C(=O)COc1cc(C)cc(C)c1. The summed E-state index contributed by atoms with van der Waals surface area (Å²) in [7, 11) is 0. The van der Waals surface area contributed by atoms with Gasteiger partial charge in [0, 0.05) is 23.1 Å². The van der Waals surface area contributed by atoms with E-state index in [4.69, 9.17) is 27.9 Å². The third kappa shape index (κ3) is 7.72. The number of rotatable bonds is 11. The van der Waals surface area contributed by atoms with Crippen molar-refractivity contribution in [2.24, 2.45) is 0 Å². The average Bonchev–Trinajstić information content (AvgIpc) is 2.73. The number of hydrogen-bond donors (Lipinski definition) is 1. The topological polar surface area (TPSA) is 58.6 Å². The van der Waals surface area contributed by atoms with Crippen molar-refractivity contribution >= 4 is 35.0 Å². The fraction of sp³-hybridized carbons (Fsp3) is 0.440. The van der Waals surface area contributed by atoms with Crippen molar-refractivity contribution in [2.75, 3.05) is 13.2 Å². The van der Waals surface area contributed by atoms with Gasteiger partial charge in [-0.05, 0) is 67.6 Å². The Bertz CT molecular complexity index is 913. The van der Waals surface area contributed by atoms with E-state index in [1.165, 1.54) is 0 Å². The predicted octanol–water partition coefficient (Wildman–Crippen LogP) is 5.71. The number of benzene rings is 2. The van der Waals surface area contributed by atoms with Crippen LogP contribution in [0.4, 0.5) is 0 Å². The Kier molecular flexibility index (Phi) is 10.3. The molecule has 2 rings (SSSR count). The summed E-state index contributed by atoms with van der Waals surface area (Å²) in [5, 5.41) is 3.90. The van der Waals surface area contributed by atoms with Crippen molar-refractivity contribution in [3.8, 4) is 5.75 Å². The van der Waals surface area contributed by atoms with E-state index in [1.54, 1.807) is 23.1 Å². The second kappa shape index (κ2) is 12.7. The van der Waals surface area contributed by atoms with Crippen LogP contribution >= 0.6 is 23.2 Å². The molecule has 0 spiro atoms. The summed E-state index contributed by atoms with van der Waals surface area (Å²) in [6.45, 7) is 8.49. The Labute approximate surface area is 201 Å². The van der Waals surface area contributed by atoms with Gasteiger partial charge in [0.1, 0.15) is 11.8 Å². The fourth-order valence-corrected chi connectivity index (χ4v) is 3.97. The smallest absolute Gasteiger partial charge is 0.261 e. The van der Waals surface area contributed by atoms with Crippen LogP contribution < -0.4 is 10.1 Å². The molecule has 0 heterocycles. The maximum absolute atomic E-state index is 13.3. The van der Waals surface area contributed by atoms with Crippen LogP contribution in [0.5, 0.6) is 5.75 Å². The molecule has 0 unspecified atom stereocenters. The van der Waals surface area contributed by atoms with E-state index < -0.39 is 6.04 Å². The number of ether oxygens (including phenoxy) is 1. The first-order valence-electron chi connectivity index (χ1n) is 11.0. The highest BCUT2D eigenvalue weighted by molar-refractivity contribution is 6.35. The maximum Gasteiger partial charge on any atom is 0.261 e. The van der Waals surface area contributed by atoms with E-state index in [0.717, 1.165) is 29.5 Å². The summed E-state index contributed by atoms with van der Waals surface area (Å²) in [4.78, 5) is 27.7. The molecule has 0 saturated heterocycles. The molecule has 0 aliphatic heterocycles. The van der Waals surface area contributed by atoms with Crippen LogP contribution in [0, 0.1) is 13.8 Å². The predicted molar refractivity (Wildman–Crippen MR) is 130 cm³/mol. The first-order chi connectivity index (χ1) is 15.2. The highest BCUT2D eigenvalue weighted by atomic mass is 35.5. The van der Waals surface area contributed by atoms with Crippen molar-refractivity contribution in [1.29, 1.82) is 0 Å². The minimum absolute atomic E-state index is 0.174. The summed E-state index contributed by atoms with van der Waals surface area (Å²) in [6, 6.07) is 10.3. The number of nitrogens with one attached hydrogen (secondary N) is 1. The second-order valence-corrected chi connectivity index (χ2v) is 8.78. The summed E-state index contributed by atoms with van der Waals surface area (Å²) in [5.74, 6) is 0.166. The van der Waals surface area contributed by atoms with Crippen LogP contribution in [0.2, 0.25) is 10.0 Å². The number of halogens is 2. The number of aryl methyl sites for hydroxylation is 2. The number of nitrogens with zero attached hydrogens (tertiary/aromatic N) is 1. The molecule has 32 heavy (non-hydrogen) atoms. The minimum atomic E-state index is -0.631.